The van der Waals surface area contributed by atoms with Crippen LogP contribution in [0.3, 0.4) is 0 Å². The lowest BCUT2D eigenvalue weighted by Crippen LogP contribution is -2.48. The van der Waals surface area contributed by atoms with Crippen LogP contribution in [0.25, 0.3) is 15.2 Å². The van der Waals surface area contributed by atoms with Gasteiger partial charge >= 0.3 is 0 Å². The van der Waals surface area contributed by atoms with Gasteiger partial charge in [-0.3, -0.25) is 14.1 Å². The summed E-state index contributed by atoms with van der Waals surface area (Å²) in [5.74, 6) is 0.538. The number of aromatic nitrogens is 3. The Bertz CT molecular complexity index is 1160. The summed E-state index contributed by atoms with van der Waals surface area (Å²) in [4.78, 5) is 19.2. The zero-order valence-corrected chi connectivity index (χ0v) is 18.7. The SMILES string of the molecule is O=C(CSc1nnc2sc3ccccc3n12)N1CCN(Cc2ccc(Cl)s2)CC1. The number of carbonyl (C=O) groups excluding carboxylic acids is 1. The quantitative estimate of drug-likeness (QED) is 0.417. The summed E-state index contributed by atoms with van der Waals surface area (Å²) in [6.07, 6.45) is 0. The molecule has 1 fully saturated rings. The Kier molecular flexibility index (Phi) is 5.49. The number of benzene rings is 1. The minimum atomic E-state index is 0.158. The van der Waals surface area contributed by atoms with Gasteiger partial charge in [0.2, 0.25) is 10.9 Å². The Labute approximate surface area is 185 Å². The van der Waals surface area contributed by atoms with E-state index in [0.717, 1.165) is 52.7 Å². The summed E-state index contributed by atoms with van der Waals surface area (Å²) in [6.45, 7) is 4.19. The molecule has 0 saturated carbocycles. The molecule has 1 aliphatic rings. The summed E-state index contributed by atoms with van der Waals surface area (Å²) < 4.78 is 4.04. The molecule has 10 heteroatoms. The van der Waals surface area contributed by atoms with Gasteiger partial charge in [-0.25, -0.2) is 0 Å². The van der Waals surface area contributed by atoms with E-state index in [1.165, 1.54) is 21.3 Å². The molecule has 0 atom stereocenters. The van der Waals surface area contributed by atoms with Crippen molar-refractivity contribution in [2.45, 2.75) is 11.7 Å². The molecule has 1 aromatic carbocycles. The number of carbonyl (C=O) groups is 1. The maximum absolute atomic E-state index is 12.7. The number of amides is 1. The first-order chi connectivity index (χ1) is 14.2. The van der Waals surface area contributed by atoms with E-state index in [1.54, 1.807) is 22.7 Å². The van der Waals surface area contributed by atoms with Gasteiger partial charge in [-0.2, -0.15) is 0 Å². The average molecular weight is 464 g/mol. The number of thiophene rings is 1. The highest BCUT2D eigenvalue weighted by Gasteiger charge is 2.22. The van der Waals surface area contributed by atoms with Crippen molar-refractivity contribution in [2.75, 3.05) is 31.9 Å². The maximum atomic E-state index is 12.7. The monoisotopic (exact) mass is 463 g/mol. The minimum absolute atomic E-state index is 0.158. The van der Waals surface area contributed by atoms with Crippen LogP contribution in [0.2, 0.25) is 4.34 Å². The van der Waals surface area contributed by atoms with Crippen LogP contribution >= 0.6 is 46.0 Å². The third kappa shape index (κ3) is 4.02. The average Bonchev–Trinajstić information content (AvgIpc) is 3.42. The van der Waals surface area contributed by atoms with Gasteiger partial charge in [0, 0.05) is 37.6 Å². The molecule has 0 radical (unpaired) electrons. The molecule has 0 unspecified atom stereocenters. The van der Waals surface area contributed by atoms with Crippen molar-refractivity contribution in [1.82, 2.24) is 24.4 Å². The molecule has 4 aromatic rings. The predicted molar refractivity (Wildman–Crippen MR) is 120 cm³/mol. The molecule has 5 rings (SSSR count). The van der Waals surface area contributed by atoms with Gasteiger partial charge < -0.3 is 4.90 Å². The molecular weight excluding hydrogens is 446 g/mol. The number of thioether (sulfide) groups is 1. The molecule has 6 nitrogen and oxygen atoms in total. The van der Waals surface area contributed by atoms with E-state index in [4.69, 9.17) is 11.6 Å². The van der Waals surface area contributed by atoms with E-state index in [-0.39, 0.29) is 5.91 Å². The summed E-state index contributed by atoms with van der Waals surface area (Å²) in [6, 6.07) is 12.2. The molecule has 1 amide bonds. The lowest BCUT2D eigenvalue weighted by molar-refractivity contribution is -0.130. The number of nitrogens with zero attached hydrogens (tertiary/aromatic N) is 5. The highest BCUT2D eigenvalue weighted by molar-refractivity contribution is 7.99. The summed E-state index contributed by atoms with van der Waals surface area (Å²) >= 11 is 10.7. The van der Waals surface area contributed by atoms with Gasteiger partial charge in [-0.05, 0) is 24.3 Å². The van der Waals surface area contributed by atoms with Crippen molar-refractivity contribution in [2.24, 2.45) is 0 Å². The summed E-state index contributed by atoms with van der Waals surface area (Å²) in [5, 5.41) is 9.33. The first kappa shape index (κ1) is 19.3. The number of fused-ring (bicyclic) bond motifs is 3. The zero-order valence-electron chi connectivity index (χ0n) is 15.5. The maximum Gasteiger partial charge on any atom is 0.233 e. The molecule has 29 heavy (non-hydrogen) atoms. The zero-order chi connectivity index (χ0) is 19.8. The fraction of sp³-hybridized carbons (Fsp3) is 0.316. The molecular formula is C19H18ClN5OS3. The number of hydrogen-bond donors (Lipinski definition) is 0. The van der Waals surface area contributed by atoms with E-state index in [0.29, 0.717) is 5.75 Å². The Morgan fingerprint density at radius 1 is 1.07 bits per heavy atom. The fourth-order valence-electron chi connectivity index (χ4n) is 3.48. The van der Waals surface area contributed by atoms with E-state index in [2.05, 4.69) is 33.3 Å². The molecule has 150 valence electrons. The van der Waals surface area contributed by atoms with Crippen molar-refractivity contribution in [3.05, 3.63) is 45.6 Å². The van der Waals surface area contributed by atoms with Crippen LogP contribution in [-0.4, -0.2) is 62.2 Å². The predicted octanol–water partition coefficient (Wildman–Crippen LogP) is 4.10. The number of rotatable bonds is 5. The standard InChI is InChI=1S/C19H18ClN5OS3/c20-16-6-5-13(28-16)11-23-7-9-24(10-8-23)17(26)12-27-18-21-22-19-25(18)14-3-1-2-4-15(14)29-19/h1-6H,7-12H2. The van der Waals surface area contributed by atoms with Crippen LogP contribution in [0.5, 0.6) is 0 Å². The van der Waals surface area contributed by atoms with Crippen LogP contribution in [-0.2, 0) is 11.3 Å². The van der Waals surface area contributed by atoms with Crippen LogP contribution in [0.4, 0.5) is 0 Å². The number of halogens is 1. The lowest BCUT2D eigenvalue weighted by Gasteiger charge is -2.34. The van der Waals surface area contributed by atoms with Crippen molar-refractivity contribution in [3.8, 4) is 0 Å². The fourth-order valence-corrected chi connectivity index (χ4v) is 6.48. The molecule has 4 heterocycles. The van der Waals surface area contributed by atoms with E-state index >= 15 is 0 Å². The van der Waals surface area contributed by atoms with Crippen molar-refractivity contribution in [3.63, 3.8) is 0 Å². The highest BCUT2D eigenvalue weighted by atomic mass is 35.5. The van der Waals surface area contributed by atoms with E-state index < -0.39 is 0 Å². The second-order valence-corrected chi connectivity index (χ2v) is 10.6. The Morgan fingerprint density at radius 2 is 1.90 bits per heavy atom. The van der Waals surface area contributed by atoms with Crippen molar-refractivity contribution < 1.29 is 4.79 Å². The lowest BCUT2D eigenvalue weighted by atomic mass is 10.3. The van der Waals surface area contributed by atoms with Crippen LogP contribution in [0.15, 0.2) is 41.6 Å². The topological polar surface area (TPSA) is 53.7 Å². The van der Waals surface area contributed by atoms with Crippen LogP contribution < -0.4 is 0 Å². The van der Waals surface area contributed by atoms with E-state index in [1.807, 2.05) is 27.5 Å². The van der Waals surface area contributed by atoms with Crippen molar-refractivity contribution in [1.29, 1.82) is 0 Å². The third-order valence-corrected chi connectivity index (χ3v) is 8.11. The first-order valence-electron chi connectivity index (χ1n) is 9.27. The molecule has 0 spiro atoms. The molecule has 1 aliphatic heterocycles. The minimum Gasteiger partial charge on any atom is -0.339 e. The highest BCUT2D eigenvalue weighted by Crippen LogP contribution is 2.29. The third-order valence-electron chi connectivity index (χ3n) is 4.97. The number of thiazole rings is 1. The van der Waals surface area contributed by atoms with Gasteiger partial charge in [0.1, 0.15) is 0 Å². The molecule has 0 bridgehead atoms. The molecule has 0 aliphatic carbocycles. The molecule has 3 aromatic heterocycles. The summed E-state index contributed by atoms with van der Waals surface area (Å²) in [7, 11) is 0. The Morgan fingerprint density at radius 3 is 2.69 bits per heavy atom. The number of para-hydroxylation sites is 1. The van der Waals surface area contributed by atoms with Gasteiger partial charge in [-0.1, -0.05) is 46.8 Å². The second kappa shape index (κ2) is 8.23. The second-order valence-electron chi connectivity index (χ2n) is 6.82. The Hall–Kier alpha value is -1.65. The molecule has 1 saturated heterocycles. The van der Waals surface area contributed by atoms with Crippen LogP contribution in [0.1, 0.15) is 4.88 Å². The smallest absolute Gasteiger partial charge is 0.233 e. The van der Waals surface area contributed by atoms with Gasteiger partial charge in [0.15, 0.2) is 5.16 Å². The first-order valence-corrected chi connectivity index (χ1v) is 12.3. The van der Waals surface area contributed by atoms with Gasteiger partial charge in [0.05, 0.1) is 20.3 Å². The number of hydrogen-bond acceptors (Lipinski definition) is 7. The summed E-state index contributed by atoms with van der Waals surface area (Å²) in [5.41, 5.74) is 1.09. The number of piperazine rings is 1. The van der Waals surface area contributed by atoms with Crippen LogP contribution in [0, 0.1) is 0 Å². The normalized spacial score (nSPS) is 15.6. The van der Waals surface area contributed by atoms with Crippen molar-refractivity contribution >= 4 is 67.1 Å². The largest absolute Gasteiger partial charge is 0.339 e. The molecule has 0 N–H and O–H groups in total. The van der Waals surface area contributed by atoms with Gasteiger partial charge in [-0.15, -0.1) is 21.5 Å². The van der Waals surface area contributed by atoms with Gasteiger partial charge in [0.25, 0.3) is 0 Å². The van der Waals surface area contributed by atoms with E-state index in [9.17, 15) is 4.79 Å². The Balaban J connectivity index is 1.18.